The Morgan fingerprint density at radius 3 is 1.67 bits per heavy atom. The predicted octanol–water partition coefficient (Wildman–Crippen LogP) is 8.35. The Bertz CT molecular complexity index is 1190. The molecule has 4 rings (SSSR count). The van der Waals surface area contributed by atoms with E-state index in [2.05, 4.69) is 89.8 Å². The molecule has 0 spiro atoms. The lowest BCUT2D eigenvalue weighted by molar-refractivity contribution is -0.137. The van der Waals surface area contributed by atoms with E-state index in [1.807, 2.05) is 36.4 Å². The number of carbonyl (C=O) groups is 1. The van der Waals surface area contributed by atoms with Crippen LogP contribution in [0.2, 0.25) is 0 Å². The largest absolute Gasteiger partial charge is 0.494 e. The van der Waals surface area contributed by atoms with Crippen LogP contribution < -0.4 is 9.64 Å². The second kappa shape index (κ2) is 13.0. The maximum absolute atomic E-state index is 10.5. The normalized spacial score (nSPS) is 10.9. The fraction of sp³-hybridized carbons (Fsp3) is 0.156. The molecule has 0 radical (unpaired) electrons. The third kappa shape index (κ3) is 7.34. The summed E-state index contributed by atoms with van der Waals surface area (Å²) >= 11 is 0. The molecule has 36 heavy (non-hydrogen) atoms. The highest BCUT2D eigenvalue weighted by Gasteiger charge is 2.11. The van der Waals surface area contributed by atoms with Crippen LogP contribution in [0.25, 0.3) is 12.2 Å². The Balaban J connectivity index is 1.36. The van der Waals surface area contributed by atoms with Gasteiger partial charge in [0.05, 0.1) is 6.61 Å². The van der Waals surface area contributed by atoms with Gasteiger partial charge in [-0.1, -0.05) is 72.8 Å². The molecule has 4 nitrogen and oxygen atoms in total. The molecule has 182 valence electrons. The first-order valence-electron chi connectivity index (χ1n) is 12.3. The van der Waals surface area contributed by atoms with Gasteiger partial charge >= 0.3 is 5.97 Å². The minimum Gasteiger partial charge on any atom is -0.494 e. The molecule has 4 aromatic carbocycles. The van der Waals surface area contributed by atoms with Gasteiger partial charge in [0.2, 0.25) is 0 Å². The van der Waals surface area contributed by atoms with Crippen molar-refractivity contribution in [1.82, 2.24) is 0 Å². The molecule has 1 N–H and O–H groups in total. The smallest absolute Gasteiger partial charge is 0.303 e. The van der Waals surface area contributed by atoms with Gasteiger partial charge in [-0.15, -0.1) is 0 Å². The molecule has 4 heteroatoms. The van der Waals surface area contributed by atoms with Gasteiger partial charge in [0, 0.05) is 23.5 Å². The number of carboxylic acid groups (broad SMARTS) is 1. The van der Waals surface area contributed by atoms with Gasteiger partial charge in [-0.05, 0) is 78.9 Å². The summed E-state index contributed by atoms with van der Waals surface area (Å²) in [6, 6.07) is 37.3. The monoisotopic (exact) mass is 477 g/mol. The van der Waals surface area contributed by atoms with Crippen LogP contribution in [0.3, 0.4) is 0 Å². The highest BCUT2D eigenvalue weighted by atomic mass is 16.5. The van der Waals surface area contributed by atoms with E-state index in [0.29, 0.717) is 13.0 Å². The van der Waals surface area contributed by atoms with Crippen molar-refractivity contribution in [3.8, 4) is 5.75 Å². The van der Waals surface area contributed by atoms with E-state index >= 15 is 0 Å². The van der Waals surface area contributed by atoms with Crippen LogP contribution in [0.4, 0.5) is 17.1 Å². The van der Waals surface area contributed by atoms with Crippen LogP contribution in [0.15, 0.2) is 109 Å². The zero-order valence-corrected chi connectivity index (χ0v) is 20.3. The summed E-state index contributed by atoms with van der Waals surface area (Å²) in [5.41, 5.74) is 5.57. The van der Waals surface area contributed by atoms with Crippen LogP contribution in [-0.4, -0.2) is 17.7 Å². The number of hydrogen-bond acceptors (Lipinski definition) is 3. The summed E-state index contributed by atoms with van der Waals surface area (Å²) in [6.45, 7) is 0.601. The van der Waals surface area contributed by atoms with Crippen LogP contribution in [0.1, 0.15) is 36.8 Å². The number of unbranched alkanes of at least 4 members (excludes halogenated alkanes) is 2. The van der Waals surface area contributed by atoms with Gasteiger partial charge in [0.1, 0.15) is 5.75 Å². The number of nitrogens with zero attached hydrogens (tertiary/aromatic N) is 1. The molecule has 0 aliphatic carbocycles. The highest BCUT2D eigenvalue weighted by Crippen LogP contribution is 2.34. The van der Waals surface area contributed by atoms with Crippen LogP contribution in [-0.2, 0) is 4.79 Å². The van der Waals surface area contributed by atoms with Crippen LogP contribution >= 0.6 is 0 Å². The Kier molecular flexibility index (Phi) is 8.93. The van der Waals surface area contributed by atoms with Crippen molar-refractivity contribution in [3.05, 3.63) is 120 Å². The number of carboxylic acids is 1. The van der Waals surface area contributed by atoms with Crippen molar-refractivity contribution < 1.29 is 14.6 Å². The zero-order chi connectivity index (χ0) is 25.0. The van der Waals surface area contributed by atoms with Gasteiger partial charge in [-0.2, -0.15) is 0 Å². The van der Waals surface area contributed by atoms with E-state index in [1.165, 1.54) is 0 Å². The molecule has 0 atom stereocenters. The van der Waals surface area contributed by atoms with E-state index in [0.717, 1.165) is 46.8 Å². The fourth-order valence-corrected chi connectivity index (χ4v) is 3.95. The minimum atomic E-state index is -0.739. The molecule has 0 heterocycles. The average Bonchev–Trinajstić information content (AvgIpc) is 2.92. The third-order valence-corrected chi connectivity index (χ3v) is 5.83. The number of anilines is 3. The molecule has 0 bridgehead atoms. The molecule has 0 aliphatic heterocycles. The molecule has 4 aromatic rings. The van der Waals surface area contributed by atoms with Crippen molar-refractivity contribution in [3.63, 3.8) is 0 Å². The Labute approximate surface area is 213 Å². The fourth-order valence-electron chi connectivity index (χ4n) is 3.95. The standard InChI is InChI=1S/C32H31NO3/c34-32(35)14-8-3-9-25-36-31-23-19-27(20-24-31)16-15-26-17-21-30(22-18-26)33(28-10-4-1-5-11-28)29-12-6-2-7-13-29/h1-2,4-7,10-13,15-24H,3,8-9,14,25H2,(H,34,35)/b16-15+. The van der Waals surface area contributed by atoms with Crippen molar-refractivity contribution >= 4 is 35.2 Å². The Morgan fingerprint density at radius 2 is 1.14 bits per heavy atom. The first kappa shape index (κ1) is 24.8. The molecule has 0 saturated heterocycles. The van der Waals surface area contributed by atoms with Crippen LogP contribution in [0, 0.1) is 0 Å². The van der Waals surface area contributed by atoms with Gasteiger partial charge in [0.25, 0.3) is 0 Å². The lowest BCUT2D eigenvalue weighted by atomic mass is 10.1. The molecule has 0 saturated carbocycles. The first-order valence-corrected chi connectivity index (χ1v) is 12.3. The van der Waals surface area contributed by atoms with Gasteiger partial charge in [-0.3, -0.25) is 4.79 Å². The summed E-state index contributed by atoms with van der Waals surface area (Å²) in [5, 5.41) is 8.67. The molecule has 0 aliphatic rings. The second-order valence-electron chi connectivity index (χ2n) is 8.55. The van der Waals surface area contributed by atoms with E-state index in [4.69, 9.17) is 9.84 Å². The summed E-state index contributed by atoms with van der Waals surface area (Å²) in [7, 11) is 0. The lowest BCUT2D eigenvalue weighted by Gasteiger charge is -2.25. The first-order chi connectivity index (χ1) is 17.7. The molecular weight excluding hydrogens is 446 g/mol. The molecular formula is C32H31NO3. The zero-order valence-electron chi connectivity index (χ0n) is 20.3. The van der Waals surface area contributed by atoms with Gasteiger partial charge in [0.15, 0.2) is 0 Å². The molecule has 0 fully saturated rings. The SMILES string of the molecule is O=C(O)CCCCCOc1ccc(/C=C/c2ccc(N(c3ccccc3)c3ccccc3)cc2)cc1. The highest BCUT2D eigenvalue weighted by molar-refractivity contribution is 5.78. The Hall–Kier alpha value is -4.31. The minimum absolute atomic E-state index is 0.224. The summed E-state index contributed by atoms with van der Waals surface area (Å²) in [4.78, 5) is 12.8. The van der Waals surface area contributed by atoms with E-state index in [9.17, 15) is 4.79 Å². The van der Waals surface area contributed by atoms with E-state index < -0.39 is 5.97 Å². The number of para-hydroxylation sites is 2. The lowest BCUT2D eigenvalue weighted by Crippen LogP contribution is -2.09. The maximum Gasteiger partial charge on any atom is 0.303 e. The molecule has 0 aromatic heterocycles. The van der Waals surface area contributed by atoms with Crippen molar-refractivity contribution in [2.45, 2.75) is 25.7 Å². The number of hydrogen-bond donors (Lipinski definition) is 1. The second-order valence-corrected chi connectivity index (χ2v) is 8.55. The Morgan fingerprint density at radius 1 is 0.639 bits per heavy atom. The third-order valence-electron chi connectivity index (χ3n) is 5.83. The average molecular weight is 478 g/mol. The van der Waals surface area contributed by atoms with Gasteiger partial charge in [-0.25, -0.2) is 0 Å². The quantitative estimate of drug-likeness (QED) is 0.164. The summed E-state index contributed by atoms with van der Waals surface area (Å²) in [6.07, 6.45) is 6.84. The van der Waals surface area contributed by atoms with Crippen molar-refractivity contribution in [2.24, 2.45) is 0 Å². The van der Waals surface area contributed by atoms with Gasteiger partial charge < -0.3 is 14.7 Å². The van der Waals surface area contributed by atoms with Crippen LogP contribution in [0.5, 0.6) is 5.75 Å². The maximum atomic E-state index is 10.5. The summed E-state index contributed by atoms with van der Waals surface area (Å²) < 4.78 is 5.76. The van der Waals surface area contributed by atoms with E-state index in [-0.39, 0.29) is 6.42 Å². The summed E-state index contributed by atoms with van der Waals surface area (Å²) in [5.74, 6) is 0.0912. The number of ether oxygens (including phenoxy) is 1. The van der Waals surface area contributed by atoms with Crippen molar-refractivity contribution in [1.29, 1.82) is 0 Å². The molecule has 0 unspecified atom stereocenters. The number of aliphatic carboxylic acids is 1. The topological polar surface area (TPSA) is 49.8 Å². The van der Waals surface area contributed by atoms with E-state index in [1.54, 1.807) is 0 Å². The molecule has 0 amide bonds. The predicted molar refractivity (Wildman–Crippen MR) is 148 cm³/mol. The van der Waals surface area contributed by atoms with Crippen molar-refractivity contribution in [2.75, 3.05) is 11.5 Å². The number of benzene rings is 4. The number of rotatable bonds is 12.